The smallest absolute Gasteiger partial charge is 0.119 e. The van der Waals surface area contributed by atoms with Gasteiger partial charge in [0.25, 0.3) is 0 Å². The Balaban J connectivity index is 1.37. The maximum atomic E-state index is 5.97. The van der Waals surface area contributed by atoms with Gasteiger partial charge in [0.15, 0.2) is 0 Å². The third-order valence-electron chi connectivity index (χ3n) is 5.21. The van der Waals surface area contributed by atoms with Crippen molar-refractivity contribution < 1.29 is 14.2 Å². The molecule has 0 bridgehead atoms. The molecule has 3 rings (SSSR count). The highest BCUT2D eigenvalue weighted by Gasteiger charge is 2.32. The Morgan fingerprint density at radius 1 is 1.24 bits per heavy atom. The zero-order chi connectivity index (χ0) is 17.5. The quantitative estimate of drug-likeness (QED) is 0.742. The van der Waals surface area contributed by atoms with Crippen molar-refractivity contribution in [3.8, 4) is 5.75 Å². The number of ether oxygens (including phenoxy) is 3. The maximum absolute atomic E-state index is 5.97. The third-order valence-corrected chi connectivity index (χ3v) is 5.21. The van der Waals surface area contributed by atoms with E-state index in [9.17, 15) is 0 Å². The van der Waals surface area contributed by atoms with Gasteiger partial charge in [0, 0.05) is 44.3 Å². The number of likely N-dealkylation sites (N-methyl/N-ethyl adjacent to an activating group) is 1. The van der Waals surface area contributed by atoms with E-state index >= 15 is 0 Å². The van der Waals surface area contributed by atoms with Crippen LogP contribution >= 0.6 is 0 Å². The van der Waals surface area contributed by atoms with E-state index in [-0.39, 0.29) is 0 Å². The van der Waals surface area contributed by atoms with Gasteiger partial charge in [0.1, 0.15) is 12.4 Å². The van der Waals surface area contributed by atoms with Crippen molar-refractivity contribution in [2.24, 2.45) is 5.41 Å². The summed E-state index contributed by atoms with van der Waals surface area (Å²) in [7, 11) is 2.18. The lowest BCUT2D eigenvalue weighted by atomic mass is 9.89. The molecule has 2 aliphatic heterocycles. The SMILES string of the molecule is CN(CCOc1cccc(CNCC2(C)COC2)c1)C1CCOCC1. The van der Waals surface area contributed by atoms with Gasteiger partial charge in [0.2, 0.25) is 0 Å². The Morgan fingerprint density at radius 3 is 2.76 bits per heavy atom. The first-order valence-electron chi connectivity index (χ1n) is 9.43. The fourth-order valence-corrected chi connectivity index (χ4v) is 3.42. The number of nitrogens with zero attached hydrogens (tertiary/aromatic N) is 1. The molecule has 0 aliphatic carbocycles. The van der Waals surface area contributed by atoms with Crippen LogP contribution in [0.2, 0.25) is 0 Å². The molecular formula is C20H32N2O3. The average molecular weight is 348 g/mol. The monoisotopic (exact) mass is 348 g/mol. The van der Waals surface area contributed by atoms with Gasteiger partial charge < -0.3 is 19.5 Å². The van der Waals surface area contributed by atoms with E-state index in [0.29, 0.717) is 11.5 Å². The van der Waals surface area contributed by atoms with Crippen LogP contribution in [0.25, 0.3) is 0 Å². The number of nitrogens with one attached hydrogen (secondary N) is 1. The highest BCUT2D eigenvalue weighted by Crippen LogP contribution is 2.25. The Labute approximate surface area is 151 Å². The van der Waals surface area contributed by atoms with Crippen molar-refractivity contribution in [1.29, 1.82) is 0 Å². The summed E-state index contributed by atoms with van der Waals surface area (Å²) in [5.41, 5.74) is 1.57. The summed E-state index contributed by atoms with van der Waals surface area (Å²) in [4.78, 5) is 2.40. The van der Waals surface area contributed by atoms with Crippen LogP contribution in [0, 0.1) is 5.41 Å². The predicted octanol–water partition coefficient (Wildman–Crippen LogP) is 2.30. The molecule has 140 valence electrons. The van der Waals surface area contributed by atoms with E-state index in [1.807, 2.05) is 6.07 Å². The largest absolute Gasteiger partial charge is 0.492 e. The molecule has 2 fully saturated rings. The molecule has 1 aromatic rings. The maximum Gasteiger partial charge on any atom is 0.119 e. The first kappa shape index (κ1) is 18.6. The summed E-state index contributed by atoms with van der Waals surface area (Å²) in [6.07, 6.45) is 2.25. The van der Waals surface area contributed by atoms with Crippen LogP contribution in [0.1, 0.15) is 25.3 Å². The van der Waals surface area contributed by atoms with Crippen molar-refractivity contribution >= 4 is 0 Å². The summed E-state index contributed by atoms with van der Waals surface area (Å²) < 4.78 is 16.7. The molecule has 1 N–H and O–H groups in total. The summed E-state index contributed by atoms with van der Waals surface area (Å²) >= 11 is 0. The fourth-order valence-electron chi connectivity index (χ4n) is 3.42. The topological polar surface area (TPSA) is 43.0 Å². The van der Waals surface area contributed by atoms with Crippen molar-refractivity contribution in [3.63, 3.8) is 0 Å². The van der Waals surface area contributed by atoms with Gasteiger partial charge in [-0.25, -0.2) is 0 Å². The van der Waals surface area contributed by atoms with Crippen LogP contribution in [0.3, 0.4) is 0 Å². The zero-order valence-electron chi connectivity index (χ0n) is 15.6. The Morgan fingerprint density at radius 2 is 2.04 bits per heavy atom. The molecule has 5 heteroatoms. The number of rotatable bonds is 9. The van der Waals surface area contributed by atoms with Crippen LogP contribution in [0.15, 0.2) is 24.3 Å². The molecule has 2 saturated heterocycles. The number of hydrogen-bond donors (Lipinski definition) is 1. The minimum Gasteiger partial charge on any atom is -0.492 e. The Kier molecular flexibility index (Phi) is 6.70. The van der Waals surface area contributed by atoms with Crippen molar-refractivity contribution in [3.05, 3.63) is 29.8 Å². The second-order valence-corrected chi connectivity index (χ2v) is 7.73. The van der Waals surface area contributed by atoms with Crippen LogP contribution in [-0.2, 0) is 16.0 Å². The summed E-state index contributed by atoms with van der Waals surface area (Å²) in [5, 5.41) is 3.53. The molecule has 0 radical (unpaired) electrons. The molecule has 0 aromatic heterocycles. The average Bonchev–Trinajstić information content (AvgIpc) is 2.61. The van der Waals surface area contributed by atoms with Crippen LogP contribution in [0.4, 0.5) is 0 Å². The van der Waals surface area contributed by atoms with Crippen LogP contribution in [-0.4, -0.2) is 64.1 Å². The Bertz CT molecular complexity index is 527. The molecule has 0 spiro atoms. The Hall–Kier alpha value is -1.14. The second-order valence-electron chi connectivity index (χ2n) is 7.73. The van der Waals surface area contributed by atoms with E-state index in [1.165, 1.54) is 5.56 Å². The van der Waals surface area contributed by atoms with E-state index < -0.39 is 0 Å². The van der Waals surface area contributed by atoms with Gasteiger partial charge in [0.05, 0.1) is 13.2 Å². The standard InChI is InChI=1S/C20H32N2O3/c1-20(15-24-16-20)14-21-13-17-4-3-5-19(12-17)25-11-8-22(2)18-6-9-23-10-7-18/h3-5,12,18,21H,6-11,13-16H2,1-2H3. The molecule has 0 amide bonds. The van der Waals surface area contributed by atoms with Crippen molar-refractivity contribution in [2.45, 2.75) is 32.4 Å². The van der Waals surface area contributed by atoms with E-state index in [1.54, 1.807) is 0 Å². The lowest BCUT2D eigenvalue weighted by molar-refractivity contribution is -0.0991. The van der Waals surface area contributed by atoms with Crippen molar-refractivity contribution in [1.82, 2.24) is 10.2 Å². The fraction of sp³-hybridized carbons (Fsp3) is 0.700. The molecule has 25 heavy (non-hydrogen) atoms. The summed E-state index contributed by atoms with van der Waals surface area (Å²) in [6.45, 7) is 9.30. The molecule has 0 unspecified atom stereocenters. The molecule has 0 saturated carbocycles. The van der Waals surface area contributed by atoms with Crippen molar-refractivity contribution in [2.75, 3.05) is 53.2 Å². The highest BCUT2D eigenvalue weighted by atomic mass is 16.5. The molecule has 5 nitrogen and oxygen atoms in total. The second kappa shape index (κ2) is 8.99. The first-order chi connectivity index (χ1) is 12.1. The van der Waals surface area contributed by atoms with Gasteiger partial charge in [-0.1, -0.05) is 19.1 Å². The number of benzene rings is 1. The highest BCUT2D eigenvalue weighted by molar-refractivity contribution is 5.28. The zero-order valence-corrected chi connectivity index (χ0v) is 15.6. The first-order valence-corrected chi connectivity index (χ1v) is 9.43. The van der Waals surface area contributed by atoms with Crippen LogP contribution < -0.4 is 10.1 Å². The van der Waals surface area contributed by atoms with Crippen LogP contribution in [0.5, 0.6) is 5.75 Å². The molecule has 0 atom stereocenters. The molecule has 2 heterocycles. The minimum atomic E-state index is 0.308. The molecular weight excluding hydrogens is 316 g/mol. The van der Waals surface area contributed by atoms with E-state index in [0.717, 1.165) is 71.3 Å². The van der Waals surface area contributed by atoms with Gasteiger partial charge in [-0.2, -0.15) is 0 Å². The van der Waals surface area contributed by atoms with E-state index in [4.69, 9.17) is 14.2 Å². The lowest BCUT2D eigenvalue weighted by Gasteiger charge is -2.38. The summed E-state index contributed by atoms with van der Waals surface area (Å²) in [5.74, 6) is 0.956. The normalized spacial score (nSPS) is 20.4. The lowest BCUT2D eigenvalue weighted by Crippen LogP contribution is -2.47. The number of hydrogen-bond acceptors (Lipinski definition) is 5. The summed E-state index contributed by atoms with van der Waals surface area (Å²) in [6, 6.07) is 9.03. The van der Waals surface area contributed by atoms with E-state index in [2.05, 4.69) is 42.4 Å². The van der Waals surface area contributed by atoms with Gasteiger partial charge in [-0.15, -0.1) is 0 Å². The van der Waals surface area contributed by atoms with Gasteiger partial charge >= 0.3 is 0 Å². The van der Waals surface area contributed by atoms with Gasteiger partial charge in [-0.05, 0) is 37.6 Å². The third kappa shape index (κ3) is 5.68. The molecule has 2 aliphatic rings. The molecule has 1 aromatic carbocycles. The minimum absolute atomic E-state index is 0.308. The van der Waals surface area contributed by atoms with Gasteiger partial charge in [-0.3, -0.25) is 4.90 Å². The predicted molar refractivity (Wildman–Crippen MR) is 99.0 cm³/mol.